The molecule has 0 fully saturated rings. The molecular formula is C16H21NO2. The lowest BCUT2D eigenvalue weighted by Gasteiger charge is -2.11. The van der Waals surface area contributed by atoms with Crippen molar-refractivity contribution in [3.05, 3.63) is 54.0 Å². The van der Waals surface area contributed by atoms with Gasteiger partial charge >= 0.3 is 0 Å². The van der Waals surface area contributed by atoms with E-state index in [1.54, 1.807) is 6.26 Å². The van der Waals surface area contributed by atoms with Crippen LogP contribution in [0.3, 0.4) is 0 Å². The summed E-state index contributed by atoms with van der Waals surface area (Å²) in [6, 6.07) is 12.3. The molecule has 3 nitrogen and oxygen atoms in total. The van der Waals surface area contributed by atoms with E-state index in [1.807, 2.05) is 24.3 Å². The molecule has 2 rings (SSSR count). The lowest BCUT2D eigenvalue weighted by Crippen LogP contribution is -2.17. The van der Waals surface area contributed by atoms with Crippen molar-refractivity contribution in [2.24, 2.45) is 0 Å². The minimum atomic E-state index is 0.214. The first-order valence-corrected chi connectivity index (χ1v) is 6.78. The zero-order valence-corrected chi connectivity index (χ0v) is 11.6. The van der Waals surface area contributed by atoms with Crippen LogP contribution in [0, 0.1) is 0 Å². The molecule has 1 N–H and O–H groups in total. The third-order valence-electron chi connectivity index (χ3n) is 2.98. The van der Waals surface area contributed by atoms with Crippen molar-refractivity contribution >= 4 is 0 Å². The molecule has 1 atom stereocenters. The topological polar surface area (TPSA) is 34.4 Å². The number of furan rings is 1. The molecule has 3 heteroatoms. The van der Waals surface area contributed by atoms with Crippen LogP contribution >= 0.6 is 0 Å². The largest absolute Gasteiger partial charge is 0.494 e. The Labute approximate surface area is 114 Å². The molecule has 0 saturated carbocycles. The van der Waals surface area contributed by atoms with Crippen molar-refractivity contribution in [3.8, 4) is 5.75 Å². The van der Waals surface area contributed by atoms with Gasteiger partial charge in [-0.05, 0) is 43.2 Å². The molecule has 1 heterocycles. The first kappa shape index (κ1) is 13.7. The molecule has 0 amide bonds. The highest BCUT2D eigenvalue weighted by atomic mass is 16.5. The fourth-order valence-electron chi connectivity index (χ4n) is 1.83. The van der Waals surface area contributed by atoms with E-state index in [2.05, 4.69) is 31.3 Å². The Morgan fingerprint density at radius 3 is 2.63 bits per heavy atom. The lowest BCUT2D eigenvalue weighted by atomic mass is 10.2. The van der Waals surface area contributed by atoms with Crippen LogP contribution in [0.1, 0.15) is 37.6 Å². The van der Waals surface area contributed by atoms with E-state index in [0.717, 1.165) is 31.1 Å². The number of rotatable bonds is 7. The molecule has 0 radical (unpaired) electrons. The highest BCUT2D eigenvalue weighted by molar-refractivity contribution is 5.27. The fraction of sp³-hybridized carbons (Fsp3) is 0.375. The minimum absolute atomic E-state index is 0.214. The van der Waals surface area contributed by atoms with Gasteiger partial charge in [-0.2, -0.15) is 0 Å². The van der Waals surface area contributed by atoms with Crippen molar-refractivity contribution in [1.29, 1.82) is 0 Å². The van der Waals surface area contributed by atoms with Crippen molar-refractivity contribution in [2.45, 2.75) is 32.9 Å². The van der Waals surface area contributed by atoms with E-state index >= 15 is 0 Å². The Morgan fingerprint density at radius 2 is 2.00 bits per heavy atom. The Morgan fingerprint density at radius 1 is 1.21 bits per heavy atom. The first-order valence-electron chi connectivity index (χ1n) is 6.78. The molecule has 1 aromatic heterocycles. The summed E-state index contributed by atoms with van der Waals surface area (Å²) >= 11 is 0. The van der Waals surface area contributed by atoms with E-state index < -0.39 is 0 Å². The Kier molecular flexibility index (Phi) is 5.04. The zero-order chi connectivity index (χ0) is 13.5. The van der Waals surface area contributed by atoms with Crippen LogP contribution < -0.4 is 10.1 Å². The summed E-state index contributed by atoms with van der Waals surface area (Å²) in [4.78, 5) is 0. The second-order valence-electron chi connectivity index (χ2n) is 4.61. The number of nitrogens with one attached hydrogen (secondary N) is 1. The third kappa shape index (κ3) is 4.14. The van der Waals surface area contributed by atoms with Crippen LogP contribution in [0.4, 0.5) is 0 Å². The second kappa shape index (κ2) is 7.00. The van der Waals surface area contributed by atoms with E-state index in [0.29, 0.717) is 0 Å². The fourth-order valence-corrected chi connectivity index (χ4v) is 1.83. The van der Waals surface area contributed by atoms with E-state index in [9.17, 15) is 0 Å². The predicted molar refractivity (Wildman–Crippen MR) is 76.2 cm³/mol. The van der Waals surface area contributed by atoms with Crippen LogP contribution in [0.25, 0.3) is 0 Å². The smallest absolute Gasteiger partial charge is 0.120 e. The summed E-state index contributed by atoms with van der Waals surface area (Å²) in [5.41, 5.74) is 1.24. The summed E-state index contributed by atoms with van der Waals surface area (Å²) in [7, 11) is 0. The molecule has 0 aliphatic heterocycles. The monoisotopic (exact) mass is 259 g/mol. The van der Waals surface area contributed by atoms with E-state index in [4.69, 9.17) is 9.15 Å². The SMILES string of the molecule is CCCOc1ccc(CNC(C)c2ccco2)cc1. The van der Waals surface area contributed by atoms with Crippen molar-refractivity contribution in [2.75, 3.05) is 6.61 Å². The Bertz CT molecular complexity index is 462. The van der Waals surface area contributed by atoms with Crippen molar-refractivity contribution in [1.82, 2.24) is 5.32 Å². The van der Waals surface area contributed by atoms with Gasteiger partial charge in [0.25, 0.3) is 0 Å². The maximum atomic E-state index is 5.56. The third-order valence-corrected chi connectivity index (χ3v) is 2.98. The molecule has 0 bridgehead atoms. The summed E-state index contributed by atoms with van der Waals surface area (Å²) in [5.74, 6) is 1.90. The van der Waals surface area contributed by atoms with Gasteiger partial charge in [0, 0.05) is 6.54 Å². The van der Waals surface area contributed by atoms with Gasteiger partial charge in [-0.25, -0.2) is 0 Å². The van der Waals surface area contributed by atoms with Gasteiger partial charge in [0.1, 0.15) is 11.5 Å². The first-order chi connectivity index (χ1) is 9.29. The highest BCUT2D eigenvalue weighted by Crippen LogP contribution is 2.15. The molecule has 1 aromatic carbocycles. The molecule has 2 aromatic rings. The lowest BCUT2D eigenvalue weighted by molar-refractivity contribution is 0.317. The quantitative estimate of drug-likeness (QED) is 0.818. The maximum absolute atomic E-state index is 5.56. The van der Waals surface area contributed by atoms with Gasteiger partial charge in [-0.1, -0.05) is 19.1 Å². The van der Waals surface area contributed by atoms with E-state index in [1.165, 1.54) is 5.56 Å². The summed E-state index contributed by atoms with van der Waals surface area (Å²) < 4.78 is 10.9. The zero-order valence-electron chi connectivity index (χ0n) is 11.6. The number of hydrogen-bond donors (Lipinski definition) is 1. The molecule has 0 saturated heterocycles. The molecular weight excluding hydrogens is 238 g/mol. The summed E-state index contributed by atoms with van der Waals surface area (Å²) in [6.45, 7) is 5.79. The number of benzene rings is 1. The second-order valence-corrected chi connectivity index (χ2v) is 4.61. The summed E-state index contributed by atoms with van der Waals surface area (Å²) in [6.07, 6.45) is 2.73. The molecule has 0 aliphatic carbocycles. The normalized spacial score (nSPS) is 12.3. The van der Waals surface area contributed by atoms with Gasteiger partial charge in [0.15, 0.2) is 0 Å². The predicted octanol–water partition coefficient (Wildman–Crippen LogP) is 3.92. The molecule has 1 unspecified atom stereocenters. The van der Waals surface area contributed by atoms with Gasteiger partial charge in [0.05, 0.1) is 18.9 Å². The van der Waals surface area contributed by atoms with Crippen LogP contribution in [0.5, 0.6) is 5.75 Å². The standard InChI is InChI=1S/C16H21NO2/c1-3-10-18-15-8-6-14(7-9-15)12-17-13(2)16-5-4-11-19-16/h4-9,11,13,17H,3,10,12H2,1-2H3. The van der Waals surface area contributed by atoms with Crippen LogP contribution in [-0.2, 0) is 6.54 Å². The molecule has 0 spiro atoms. The van der Waals surface area contributed by atoms with Crippen LogP contribution in [0.15, 0.2) is 47.1 Å². The average Bonchev–Trinajstić information content (AvgIpc) is 2.98. The van der Waals surface area contributed by atoms with E-state index in [-0.39, 0.29) is 6.04 Å². The Hall–Kier alpha value is -1.74. The van der Waals surface area contributed by atoms with Crippen molar-refractivity contribution in [3.63, 3.8) is 0 Å². The summed E-state index contributed by atoms with van der Waals surface area (Å²) in [5, 5.41) is 3.43. The molecule has 102 valence electrons. The van der Waals surface area contributed by atoms with Crippen LogP contribution in [0.2, 0.25) is 0 Å². The molecule has 0 aliphatic rings. The minimum Gasteiger partial charge on any atom is -0.494 e. The Balaban J connectivity index is 1.82. The van der Waals surface area contributed by atoms with Crippen molar-refractivity contribution < 1.29 is 9.15 Å². The number of hydrogen-bond acceptors (Lipinski definition) is 3. The van der Waals surface area contributed by atoms with Gasteiger partial charge in [0.2, 0.25) is 0 Å². The van der Waals surface area contributed by atoms with Crippen LogP contribution in [-0.4, -0.2) is 6.61 Å². The van der Waals surface area contributed by atoms with Gasteiger partial charge in [-0.15, -0.1) is 0 Å². The average molecular weight is 259 g/mol. The molecule has 19 heavy (non-hydrogen) atoms. The highest BCUT2D eigenvalue weighted by Gasteiger charge is 2.06. The van der Waals surface area contributed by atoms with Gasteiger partial charge < -0.3 is 14.5 Å². The number of ether oxygens (including phenoxy) is 1. The van der Waals surface area contributed by atoms with Gasteiger partial charge in [-0.3, -0.25) is 0 Å². The maximum Gasteiger partial charge on any atom is 0.120 e.